The van der Waals surface area contributed by atoms with Gasteiger partial charge in [-0.05, 0) is 24.3 Å². The number of hydrogen-bond donors (Lipinski definition) is 6. The average Bonchev–Trinajstić information content (AvgIpc) is 2.87. The van der Waals surface area contributed by atoms with Crippen molar-refractivity contribution in [2.24, 2.45) is 0 Å². The smallest absolute Gasteiger partial charge is 0.205 e. The van der Waals surface area contributed by atoms with E-state index in [0.717, 1.165) is 0 Å². The van der Waals surface area contributed by atoms with Gasteiger partial charge in [-0.2, -0.15) is 0 Å². The third-order valence-corrected chi connectivity index (χ3v) is 6.51. The van der Waals surface area contributed by atoms with Gasteiger partial charge in [-0.25, -0.2) is 0 Å². The Bertz CT molecular complexity index is 1440. The second-order valence-electron chi connectivity index (χ2n) is 8.59. The maximum atomic E-state index is 13.7. The lowest BCUT2D eigenvalue weighted by molar-refractivity contribution is -0.243. The van der Waals surface area contributed by atoms with E-state index in [1.54, 1.807) is 6.08 Å². The van der Waals surface area contributed by atoms with Crippen molar-refractivity contribution in [3.63, 3.8) is 0 Å². The summed E-state index contributed by atoms with van der Waals surface area (Å²) >= 11 is 0. The number of benzene rings is 2. The molecule has 11 nitrogen and oxygen atoms in total. The molecule has 1 fully saturated rings. The Morgan fingerprint density at radius 3 is 2.50 bits per heavy atom. The van der Waals surface area contributed by atoms with Crippen LogP contribution in [-0.2, 0) is 9.47 Å². The highest BCUT2D eigenvalue weighted by molar-refractivity contribution is 6.00. The molecule has 6 atom stereocenters. The normalized spacial score (nSPS) is 28.2. The fourth-order valence-electron chi connectivity index (χ4n) is 4.73. The molecule has 1 unspecified atom stereocenters. The minimum atomic E-state index is -1.64. The molecule has 11 heteroatoms. The van der Waals surface area contributed by atoms with Crippen LogP contribution in [0.4, 0.5) is 0 Å². The lowest BCUT2D eigenvalue weighted by Crippen LogP contribution is -2.61. The lowest BCUT2D eigenvalue weighted by atomic mass is 9.85. The van der Waals surface area contributed by atoms with Gasteiger partial charge in [0.1, 0.15) is 52.8 Å². The maximum Gasteiger partial charge on any atom is 0.205 e. The van der Waals surface area contributed by atoms with Crippen molar-refractivity contribution in [2.75, 3.05) is 13.7 Å². The van der Waals surface area contributed by atoms with Gasteiger partial charge in [-0.15, -0.1) is 0 Å². The first-order valence-electron chi connectivity index (χ1n) is 11.1. The van der Waals surface area contributed by atoms with Crippen LogP contribution in [0.15, 0.2) is 51.9 Å². The Labute approximate surface area is 203 Å². The highest BCUT2D eigenvalue weighted by Gasteiger charge is 2.48. The van der Waals surface area contributed by atoms with Crippen LogP contribution < -0.4 is 10.2 Å². The predicted molar refractivity (Wildman–Crippen MR) is 126 cm³/mol. The molecular formula is C25H24O11. The van der Waals surface area contributed by atoms with Gasteiger partial charge in [-0.1, -0.05) is 6.08 Å². The molecule has 1 saturated heterocycles. The molecule has 0 radical (unpaired) electrons. The van der Waals surface area contributed by atoms with Gasteiger partial charge in [-0.3, -0.25) is 4.79 Å². The zero-order valence-electron chi connectivity index (χ0n) is 18.9. The quantitative estimate of drug-likeness (QED) is 0.275. The van der Waals surface area contributed by atoms with E-state index in [9.17, 15) is 35.4 Å². The van der Waals surface area contributed by atoms with Crippen LogP contribution in [0.5, 0.6) is 17.2 Å². The third kappa shape index (κ3) is 3.69. The number of methoxy groups -OCH3 is 1. The van der Waals surface area contributed by atoms with Crippen molar-refractivity contribution in [2.45, 2.75) is 36.6 Å². The first-order valence-corrected chi connectivity index (χ1v) is 11.1. The van der Waals surface area contributed by atoms with Crippen LogP contribution in [0.1, 0.15) is 5.56 Å². The molecule has 2 aliphatic rings. The summed E-state index contributed by atoms with van der Waals surface area (Å²) in [5, 5.41) is 61.6. The highest BCUT2D eigenvalue weighted by Crippen LogP contribution is 2.39. The summed E-state index contributed by atoms with van der Waals surface area (Å²) in [5.74, 6) is -0.582. The number of allylic oxidation sites excluding steroid dienone is 2. The van der Waals surface area contributed by atoms with Crippen molar-refractivity contribution in [1.29, 1.82) is 0 Å². The Morgan fingerprint density at radius 2 is 1.78 bits per heavy atom. The van der Waals surface area contributed by atoms with E-state index in [2.05, 4.69) is 0 Å². The van der Waals surface area contributed by atoms with Crippen molar-refractivity contribution in [3.05, 3.63) is 58.5 Å². The standard InChI is InChI=1S/C25H24O11/c1-33-14-5-4-13-18(19(14)28)21(30)17-12(7-10(27)8-15(17)35-13)11-3-2-6-34-24(11)25-23(32)22(31)20(29)16(9-26)36-25/h2-8,16,20,22-29,31-32H,9H2,1H3/t16-,20-,22+,23-,24?,25+/m1/s1. The SMILES string of the molecule is COc1ccc2oc3cc(O)cc(C4=CC=COC4[C@H]4O[C@H](CO)[C@@H](O)[C@H](O)[C@H]4O)c3c(=O)c2c1O. The summed E-state index contributed by atoms with van der Waals surface area (Å²) in [6.45, 7) is -0.630. The summed E-state index contributed by atoms with van der Waals surface area (Å²) in [4.78, 5) is 13.7. The summed E-state index contributed by atoms with van der Waals surface area (Å²) in [7, 11) is 1.34. The molecule has 0 spiro atoms. The molecule has 0 amide bonds. The molecule has 2 aromatic carbocycles. The van der Waals surface area contributed by atoms with E-state index in [1.165, 1.54) is 43.7 Å². The van der Waals surface area contributed by atoms with Gasteiger partial charge in [0.15, 0.2) is 17.6 Å². The second-order valence-corrected chi connectivity index (χ2v) is 8.59. The number of aromatic hydroxyl groups is 2. The molecule has 3 aromatic rings. The number of phenolic OH excluding ortho intramolecular Hbond substituents is 2. The number of aliphatic hydroxyl groups is 4. The van der Waals surface area contributed by atoms with E-state index < -0.39 is 54.4 Å². The first kappa shape index (κ1) is 24.1. The summed E-state index contributed by atoms with van der Waals surface area (Å²) < 4.78 is 22.4. The van der Waals surface area contributed by atoms with Crippen LogP contribution in [0, 0.1) is 0 Å². The number of aliphatic hydroxyl groups excluding tert-OH is 4. The molecule has 3 heterocycles. The van der Waals surface area contributed by atoms with E-state index in [1.807, 2.05) is 0 Å². The molecule has 1 aromatic heterocycles. The Balaban J connectivity index is 1.72. The van der Waals surface area contributed by atoms with Crippen LogP contribution in [-0.4, -0.2) is 81.0 Å². The minimum absolute atomic E-state index is 0.00333. The molecule has 0 bridgehead atoms. The van der Waals surface area contributed by atoms with Crippen molar-refractivity contribution < 1.29 is 49.3 Å². The largest absolute Gasteiger partial charge is 0.508 e. The van der Waals surface area contributed by atoms with E-state index in [4.69, 9.17) is 18.6 Å². The average molecular weight is 500 g/mol. The third-order valence-electron chi connectivity index (χ3n) is 6.51. The van der Waals surface area contributed by atoms with Crippen LogP contribution in [0.3, 0.4) is 0 Å². The molecule has 190 valence electrons. The molecule has 0 saturated carbocycles. The van der Waals surface area contributed by atoms with Crippen LogP contribution >= 0.6 is 0 Å². The van der Waals surface area contributed by atoms with E-state index in [-0.39, 0.29) is 44.6 Å². The summed E-state index contributed by atoms with van der Waals surface area (Å²) in [6, 6.07) is 5.45. The van der Waals surface area contributed by atoms with Gasteiger partial charge in [0, 0.05) is 17.2 Å². The van der Waals surface area contributed by atoms with Crippen LogP contribution in [0.25, 0.3) is 27.5 Å². The number of rotatable bonds is 4. The minimum Gasteiger partial charge on any atom is -0.508 e. The zero-order valence-corrected chi connectivity index (χ0v) is 18.9. The predicted octanol–water partition coefficient (Wildman–Crippen LogP) is 0.504. The Hall–Kier alpha value is -3.61. The van der Waals surface area contributed by atoms with Crippen LogP contribution in [0.2, 0.25) is 0 Å². The lowest BCUT2D eigenvalue weighted by Gasteiger charge is -2.43. The van der Waals surface area contributed by atoms with Crippen molar-refractivity contribution >= 4 is 27.5 Å². The van der Waals surface area contributed by atoms with Crippen molar-refractivity contribution in [3.8, 4) is 17.2 Å². The highest BCUT2D eigenvalue weighted by atomic mass is 16.6. The van der Waals surface area contributed by atoms with Gasteiger partial charge in [0.2, 0.25) is 5.43 Å². The van der Waals surface area contributed by atoms with Gasteiger partial charge < -0.3 is 49.3 Å². The second kappa shape index (κ2) is 9.12. The Kier molecular flexibility index (Phi) is 6.10. The summed E-state index contributed by atoms with van der Waals surface area (Å²) in [6.07, 6.45) is -3.99. The van der Waals surface area contributed by atoms with Crippen molar-refractivity contribution in [1.82, 2.24) is 0 Å². The van der Waals surface area contributed by atoms with Gasteiger partial charge in [0.25, 0.3) is 0 Å². The monoisotopic (exact) mass is 500 g/mol. The van der Waals surface area contributed by atoms with Gasteiger partial charge >= 0.3 is 0 Å². The number of ether oxygens (including phenoxy) is 3. The van der Waals surface area contributed by atoms with E-state index in [0.29, 0.717) is 0 Å². The zero-order chi connectivity index (χ0) is 25.7. The Morgan fingerprint density at radius 1 is 1.00 bits per heavy atom. The maximum absolute atomic E-state index is 13.7. The molecule has 5 rings (SSSR count). The number of hydrogen-bond acceptors (Lipinski definition) is 11. The molecule has 2 aliphatic heterocycles. The fraction of sp³-hybridized carbons (Fsp3) is 0.320. The topological polar surface area (TPSA) is 179 Å². The fourth-order valence-corrected chi connectivity index (χ4v) is 4.73. The molecule has 0 aliphatic carbocycles. The summed E-state index contributed by atoms with van der Waals surface area (Å²) in [5.41, 5.74) is -0.0803. The van der Waals surface area contributed by atoms with Gasteiger partial charge in [0.05, 0.1) is 25.4 Å². The molecule has 6 N–H and O–H groups in total. The molecular weight excluding hydrogens is 476 g/mol. The van der Waals surface area contributed by atoms with E-state index >= 15 is 0 Å². The number of fused-ring (bicyclic) bond motifs is 2. The molecule has 36 heavy (non-hydrogen) atoms. The first-order chi connectivity index (χ1) is 17.3. The number of phenols is 2.